The third kappa shape index (κ3) is 3.66. The van der Waals surface area contributed by atoms with Crippen LogP contribution in [-0.4, -0.2) is 54.9 Å². The van der Waals surface area contributed by atoms with E-state index in [1.165, 1.54) is 4.90 Å². The Morgan fingerprint density at radius 1 is 1.19 bits per heavy atom. The van der Waals surface area contributed by atoms with Gasteiger partial charge in [0.25, 0.3) is 5.91 Å². The van der Waals surface area contributed by atoms with Gasteiger partial charge in [0.05, 0.1) is 17.6 Å². The summed E-state index contributed by atoms with van der Waals surface area (Å²) >= 11 is 0. The van der Waals surface area contributed by atoms with Gasteiger partial charge in [0.15, 0.2) is 6.61 Å². The van der Waals surface area contributed by atoms with Gasteiger partial charge < -0.3 is 15.0 Å². The normalized spacial score (nSPS) is 12.5. The molecule has 0 atom stereocenters. The van der Waals surface area contributed by atoms with Crippen LogP contribution in [0.5, 0.6) is 0 Å². The third-order valence-electron chi connectivity index (χ3n) is 4.39. The number of fused-ring (bicyclic) bond motifs is 2. The number of ether oxygens (including phenoxy) is 1. The standard InChI is InChI=1S/C19H21N3O4/c1-22(2)17(24)10-20-16(23)11-26-19(25)18-12-6-3-4-8-14(12)21-15-9-5-7-13(15)18/h3-4,6,8H,5,7,9-11H2,1-2H3,(H,20,23). The quantitative estimate of drug-likeness (QED) is 0.811. The minimum absolute atomic E-state index is 0.128. The van der Waals surface area contributed by atoms with Crippen molar-refractivity contribution in [2.75, 3.05) is 27.2 Å². The predicted octanol–water partition coefficient (Wildman–Crippen LogP) is 1.08. The van der Waals surface area contributed by atoms with E-state index in [0.29, 0.717) is 5.56 Å². The lowest BCUT2D eigenvalue weighted by molar-refractivity contribution is -0.131. The van der Waals surface area contributed by atoms with E-state index in [9.17, 15) is 14.4 Å². The molecule has 1 N–H and O–H groups in total. The van der Waals surface area contributed by atoms with Crippen LogP contribution in [0, 0.1) is 0 Å². The monoisotopic (exact) mass is 355 g/mol. The summed E-state index contributed by atoms with van der Waals surface area (Å²) in [5, 5.41) is 3.18. The van der Waals surface area contributed by atoms with Gasteiger partial charge in [-0.25, -0.2) is 4.79 Å². The van der Waals surface area contributed by atoms with Crippen LogP contribution in [0.3, 0.4) is 0 Å². The average Bonchev–Trinajstić information content (AvgIpc) is 3.09. The fourth-order valence-electron chi connectivity index (χ4n) is 3.03. The molecule has 0 aliphatic heterocycles. The van der Waals surface area contributed by atoms with Gasteiger partial charge in [0, 0.05) is 25.2 Å². The molecule has 2 amide bonds. The van der Waals surface area contributed by atoms with Crippen LogP contribution in [0.15, 0.2) is 24.3 Å². The molecule has 7 heteroatoms. The Labute approximate surface area is 151 Å². The second-order valence-electron chi connectivity index (χ2n) is 6.42. The van der Waals surface area contributed by atoms with Gasteiger partial charge in [-0.3, -0.25) is 14.6 Å². The molecule has 0 saturated carbocycles. The largest absolute Gasteiger partial charge is 0.452 e. The average molecular weight is 355 g/mol. The molecule has 136 valence electrons. The fraction of sp³-hybridized carbons (Fsp3) is 0.368. The molecule has 3 rings (SSSR count). The van der Waals surface area contributed by atoms with Gasteiger partial charge >= 0.3 is 5.97 Å². The number of nitrogens with one attached hydrogen (secondary N) is 1. The van der Waals surface area contributed by atoms with Gasteiger partial charge in [0.1, 0.15) is 0 Å². The highest BCUT2D eigenvalue weighted by atomic mass is 16.5. The maximum absolute atomic E-state index is 12.7. The molecule has 0 saturated heterocycles. The van der Waals surface area contributed by atoms with Gasteiger partial charge in [-0.15, -0.1) is 0 Å². The molecule has 2 aromatic rings. The molecule has 1 aliphatic rings. The van der Waals surface area contributed by atoms with Crippen molar-refractivity contribution >= 4 is 28.7 Å². The van der Waals surface area contributed by atoms with Gasteiger partial charge in [-0.05, 0) is 30.9 Å². The summed E-state index contributed by atoms with van der Waals surface area (Å²) in [4.78, 5) is 42.0. The number of amides is 2. The molecule has 0 fully saturated rings. The Bertz CT molecular complexity index is 876. The van der Waals surface area contributed by atoms with Crippen molar-refractivity contribution in [1.29, 1.82) is 0 Å². The van der Waals surface area contributed by atoms with E-state index >= 15 is 0 Å². The first-order valence-corrected chi connectivity index (χ1v) is 8.52. The molecule has 0 bridgehead atoms. The number of aromatic nitrogens is 1. The Morgan fingerprint density at radius 2 is 1.96 bits per heavy atom. The number of nitrogens with zero attached hydrogens (tertiary/aromatic N) is 2. The maximum Gasteiger partial charge on any atom is 0.339 e. The molecule has 1 aromatic carbocycles. The third-order valence-corrected chi connectivity index (χ3v) is 4.39. The summed E-state index contributed by atoms with van der Waals surface area (Å²) in [5.74, 6) is -1.28. The molecule has 1 aromatic heterocycles. The van der Waals surface area contributed by atoms with Crippen LogP contribution in [-0.2, 0) is 27.2 Å². The number of likely N-dealkylation sites (N-methyl/N-ethyl adjacent to an activating group) is 1. The first-order valence-electron chi connectivity index (χ1n) is 8.52. The fourth-order valence-corrected chi connectivity index (χ4v) is 3.03. The zero-order valence-electron chi connectivity index (χ0n) is 14.9. The first kappa shape index (κ1) is 17.8. The van der Waals surface area contributed by atoms with Crippen molar-refractivity contribution in [3.63, 3.8) is 0 Å². The van der Waals surface area contributed by atoms with E-state index in [1.54, 1.807) is 14.1 Å². The van der Waals surface area contributed by atoms with Crippen LogP contribution >= 0.6 is 0 Å². The van der Waals surface area contributed by atoms with E-state index in [1.807, 2.05) is 24.3 Å². The van der Waals surface area contributed by atoms with Crippen LogP contribution < -0.4 is 5.32 Å². The van der Waals surface area contributed by atoms with Crippen molar-refractivity contribution in [2.24, 2.45) is 0 Å². The lowest BCUT2D eigenvalue weighted by Gasteiger charge is -2.13. The van der Waals surface area contributed by atoms with Crippen molar-refractivity contribution in [2.45, 2.75) is 19.3 Å². The van der Waals surface area contributed by atoms with Gasteiger partial charge in [0.2, 0.25) is 5.91 Å². The highest BCUT2D eigenvalue weighted by molar-refractivity contribution is 6.05. The number of esters is 1. The lowest BCUT2D eigenvalue weighted by atomic mass is 10.0. The Kier molecular flexibility index (Phi) is 5.16. The summed E-state index contributed by atoms with van der Waals surface area (Å²) in [6, 6.07) is 7.43. The lowest BCUT2D eigenvalue weighted by Crippen LogP contribution is -2.38. The van der Waals surface area contributed by atoms with Crippen molar-refractivity contribution in [3.05, 3.63) is 41.1 Å². The van der Waals surface area contributed by atoms with Crippen molar-refractivity contribution in [3.8, 4) is 0 Å². The number of aryl methyl sites for hydroxylation is 1. The summed E-state index contributed by atoms with van der Waals surface area (Å²) in [6.45, 7) is -0.554. The number of carbonyl (C=O) groups is 3. The van der Waals surface area contributed by atoms with Crippen molar-refractivity contribution in [1.82, 2.24) is 15.2 Å². The second-order valence-corrected chi connectivity index (χ2v) is 6.42. The van der Waals surface area contributed by atoms with E-state index in [-0.39, 0.29) is 12.5 Å². The Hall–Kier alpha value is -2.96. The van der Waals surface area contributed by atoms with Crippen molar-refractivity contribution < 1.29 is 19.1 Å². The minimum atomic E-state index is -0.532. The second kappa shape index (κ2) is 7.51. The predicted molar refractivity (Wildman–Crippen MR) is 95.8 cm³/mol. The topological polar surface area (TPSA) is 88.6 Å². The van der Waals surface area contributed by atoms with Crippen LogP contribution in [0.4, 0.5) is 0 Å². The minimum Gasteiger partial charge on any atom is -0.452 e. The maximum atomic E-state index is 12.7. The number of hydrogen-bond acceptors (Lipinski definition) is 5. The number of benzene rings is 1. The SMILES string of the molecule is CN(C)C(=O)CNC(=O)COC(=O)c1c2c(nc3ccccc13)CCC2. The number of pyridine rings is 1. The molecule has 26 heavy (non-hydrogen) atoms. The summed E-state index contributed by atoms with van der Waals surface area (Å²) in [5.41, 5.74) is 3.09. The van der Waals surface area contributed by atoms with E-state index in [4.69, 9.17) is 4.74 Å². The number of rotatable bonds is 5. The number of para-hydroxylation sites is 1. The zero-order valence-corrected chi connectivity index (χ0v) is 14.9. The molecule has 0 radical (unpaired) electrons. The summed E-state index contributed by atoms with van der Waals surface area (Å²) < 4.78 is 5.21. The van der Waals surface area contributed by atoms with Gasteiger partial charge in [-0.2, -0.15) is 0 Å². The van der Waals surface area contributed by atoms with Crippen LogP contribution in [0.2, 0.25) is 0 Å². The number of hydrogen-bond donors (Lipinski definition) is 1. The first-order chi connectivity index (χ1) is 12.5. The van der Waals surface area contributed by atoms with Crippen LogP contribution in [0.1, 0.15) is 28.0 Å². The van der Waals surface area contributed by atoms with E-state index in [2.05, 4.69) is 10.3 Å². The molecular weight excluding hydrogens is 334 g/mol. The molecule has 0 unspecified atom stereocenters. The van der Waals surface area contributed by atoms with Gasteiger partial charge in [-0.1, -0.05) is 18.2 Å². The van der Waals surface area contributed by atoms with E-state index < -0.39 is 18.5 Å². The van der Waals surface area contributed by atoms with Crippen LogP contribution in [0.25, 0.3) is 10.9 Å². The molecule has 0 spiro atoms. The highest BCUT2D eigenvalue weighted by Gasteiger charge is 2.25. The zero-order chi connectivity index (χ0) is 18.7. The smallest absolute Gasteiger partial charge is 0.339 e. The number of carbonyl (C=O) groups excluding carboxylic acids is 3. The summed E-state index contributed by atoms with van der Waals surface area (Å²) in [7, 11) is 3.20. The molecule has 7 nitrogen and oxygen atoms in total. The highest BCUT2D eigenvalue weighted by Crippen LogP contribution is 2.30. The Balaban J connectivity index is 1.73. The summed E-state index contributed by atoms with van der Waals surface area (Å²) in [6.07, 6.45) is 2.57. The Morgan fingerprint density at radius 3 is 2.73 bits per heavy atom. The van der Waals surface area contributed by atoms with E-state index in [0.717, 1.165) is 41.4 Å². The molecule has 1 heterocycles. The molecule has 1 aliphatic carbocycles. The molecular formula is C19H21N3O4.